The summed E-state index contributed by atoms with van der Waals surface area (Å²) >= 11 is 0. The number of methoxy groups -OCH3 is 2. The van der Waals surface area contributed by atoms with Crippen molar-refractivity contribution in [3.05, 3.63) is 29.8 Å². The van der Waals surface area contributed by atoms with E-state index in [0.29, 0.717) is 6.54 Å². The van der Waals surface area contributed by atoms with Crippen LogP contribution in [0.15, 0.2) is 29.3 Å². The maximum atomic E-state index is 5.42. The Labute approximate surface area is 146 Å². The minimum Gasteiger partial charge on any atom is -0.497 e. The molecular weight excluding hydrogens is 304 g/mol. The van der Waals surface area contributed by atoms with Gasteiger partial charge in [0, 0.05) is 27.2 Å². The molecule has 1 unspecified atom stereocenters. The number of nitrogens with zero attached hydrogens (tertiary/aromatic N) is 2. The van der Waals surface area contributed by atoms with E-state index >= 15 is 0 Å². The molecule has 0 aliphatic rings. The molecule has 0 saturated carbocycles. The van der Waals surface area contributed by atoms with Crippen molar-refractivity contribution in [3.63, 3.8) is 0 Å². The van der Waals surface area contributed by atoms with E-state index in [4.69, 9.17) is 9.47 Å². The molecular formula is C18H32N4O2. The van der Waals surface area contributed by atoms with Crippen LogP contribution >= 0.6 is 0 Å². The normalized spacial score (nSPS) is 13.8. The van der Waals surface area contributed by atoms with Crippen molar-refractivity contribution in [2.45, 2.75) is 25.5 Å². The van der Waals surface area contributed by atoms with E-state index < -0.39 is 0 Å². The zero-order valence-electron chi connectivity index (χ0n) is 16.0. The van der Waals surface area contributed by atoms with Crippen molar-refractivity contribution in [2.24, 2.45) is 4.99 Å². The second-order valence-electron chi connectivity index (χ2n) is 6.53. The molecule has 1 aromatic carbocycles. The molecule has 136 valence electrons. The Kier molecular flexibility index (Phi) is 8.01. The van der Waals surface area contributed by atoms with E-state index in [2.05, 4.69) is 46.8 Å². The van der Waals surface area contributed by atoms with Crippen LogP contribution < -0.4 is 15.4 Å². The Balaban J connectivity index is 2.71. The third kappa shape index (κ3) is 6.37. The van der Waals surface area contributed by atoms with Crippen molar-refractivity contribution in [1.82, 2.24) is 15.5 Å². The molecule has 0 heterocycles. The number of guanidine groups is 1. The summed E-state index contributed by atoms with van der Waals surface area (Å²) in [6, 6.07) is 8.35. The molecule has 0 amide bonds. The topological polar surface area (TPSA) is 58.1 Å². The van der Waals surface area contributed by atoms with Crippen LogP contribution in [0.5, 0.6) is 5.75 Å². The van der Waals surface area contributed by atoms with E-state index in [9.17, 15) is 0 Å². The quantitative estimate of drug-likeness (QED) is 0.561. The van der Waals surface area contributed by atoms with Crippen LogP contribution in [0.3, 0.4) is 0 Å². The molecule has 0 radical (unpaired) electrons. The van der Waals surface area contributed by atoms with Gasteiger partial charge in [-0.25, -0.2) is 0 Å². The lowest BCUT2D eigenvalue weighted by molar-refractivity contribution is 0.0268. The molecule has 0 fully saturated rings. The minimum atomic E-state index is -0.245. The molecule has 1 aromatic rings. The van der Waals surface area contributed by atoms with Gasteiger partial charge in [0.25, 0.3) is 0 Å². The largest absolute Gasteiger partial charge is 0.497 e. The summed E-state index contributed by atoms with van der Waals surface area (Å²) in [6.07, 6.45) is 0. The molecule has 6 nitrogen and oxygen atoms in total. The highest BCUT2D eigenvalue weighted by Gasteiger charge is 2.18. The Hall–Kier alpha value is -1.79. The summed E-state index contributed by atoms with van der Waals surface area (Å²) in [7, 11) is 9.30. The van der Waals surface area contributed by atoms with Crippen LogP contribution in [-0.4, -0.2) is 64.9 Å². The van der Waals surface area contributed by atoms with Crippen LogP contribution in [-0.2, 0) is 4.74 Å². The molecule has 0 saturated heterocycles. The zero-order chi connectivity index (χ0) is 18.2. The molecule has 0 aromatic heterocycles. The summed E-state index contributed by atoms with van der Waals surface area (Å²) in [5.74, 6) is 1.62. The highest BCUT2D eigenvalue weighted by molar-refractivity contribution is 5.79. The highest BCUT2D eigenvalue weighted by atomic mass is 16.5. The predicted octanol–water partition coefficient (Wildman–Crippen LogP) is 1.89. The van der Waals surface area contributed by atoms with Gasteiger partial charge in [-0.1, -0.05) is 12.1 Å². The van der Waals surface area contributed by atoms with Gasteiger partial charge in [0.05, 0.1) is 18.8 Å². The zero-order valence-corrected chi connectivity index (χ0v) is 16.0. The molecule has 0 aliphatic heterocycles. The van der Waals surface area contributed by atoms with Crippen molar-refractivity contribution in [3.8, 4) is 5.75 Å². The first-order valence-electron chi connectivity index (χ1n) is 8.13. The van der Waals surface area contributed by atoms with E-state index in [1.807, 2.05) is 26.0 Å². The van der Waals surface area contributed by atoms with Gasteiger partial charge in [0.15, 0.2) is 5.96 Å². The summed E-state index contributed by atoms with van der Waals surface area (Å²) in [5, 5.41) is 6.68. The predicted molar refractivity (Wildman–Crippen MR) is 99.9 cm³/mol. The Morgan fingerprint density at radius 3 is 2.50 bits per heavy atom. The average molecular weight is 336 g/mol. The van der Waals surface area contributed by atoms with E-state index in [1.54, 1.807) is 21.3 Å². The fourth-order valence-corrected chi connectivity index (χ4v) is 2.23. The van der Waals surface area contributed by atoms with E-state index in [0.717, 1.165) is 18.3 Å². The lowest BCUT2D eigenvalue weighted by Crippen LogP contribution is -2.47. The first kappa shape index (κ1) is 20.3. The van der Waals surface area contributed by atoms with Gasteiger partial charge in [0.1, 0.15) is 5.75 Å². The van der Waals surface area contributed by atoms with E-state index in [1.165, 1.54) is 5.56 Å². The van der Waals surface area contributed by atoms with Crippen LogP contribution in [0.4, 0.5) is 0 Å². The Morgan fingerprint density at radius 1 is 1.25 bits per heavy atom. The molecule has 0 aliphatic carbocycles. The number of aliphatic imine (C=N–C) groups is 1. The smallest absolute Gasteiger partial charge is 0.191 e. The van der Waals surface area contributed by atoms with Gasteiger partial charge in [-0.3, -0.25) is 4.99 Å². The lowest BCUT2D eigenvalue weighted by Gasteiger charge is -2.28. The molecule has 24 heavy (non-hydrogen) atoms. The second kappa shape index (κ2) is 9.49. The third-order valence-corrected chi connectivity index (χ3v) is 4.02. The molecule has 6 heteroatoms. The van der Waals surface area contributed by atoms with E-state index in [-0.39, 0.29) is 11.6 Å². The van der Waals surface area contributed by atoms with Gasteiger partial charge in [0.2, 0.25) is 0 Å². The number of likely N-dealkylation sites (N-methyl/N-ethyl adjacent to an activating group) is 1. The molecule has 0 bridgehead atoms. The number of ether oxygens (including phenoxy) is 2. The van der Waals surface area contributed by atoms with Gasteiger partial charge in [-0.2, -0.15) is 0 Å². The Morgan fingerprint density at radius 2 is 1.96 bits per heavy atom. The number of benzene rings is 1. The fraction of sp³-hybridized carbons (Fsp3) is 0.611. The van der Waals surface area contributed by atoms with Gasteiger partial charge < -0.3 is 25.0 Å². The molecule has 0 spiro atoms. The first-order valence-corrected chi connectivity index (χ1v) is 8.13. The number of hydrogen-bond acceptors (Lipinski definition) is 4. The maximum Gasteiger partial charge on any atom is 0.191 e. The molecule has 1 rings (SSSR count). The second-order valence-corrected chi connectivity index (χ2v) is 6.53. The number of rotatable bonds is 8. The van der Waals surface area contributed by atoms with Crippen LogP contribution in [0.2, 0.25) is 0 Å². The first-order chi connectivity index (χ1) is 11.3. The van der Waals surface area contributed by atoms with Gasteiger partial charge in [-0.15, -0.1) is 0 Å². The fourth-order valence-electron chi connectivity index (χ4n) is 2.23. The van der Waals surface area contributed by atoms with Crippen molar-refractivity contribution >= 4 is 5.96 Å². The van der Waals surface area contributed by atoms with Gasteiger partial charge in [-0.05, 0) is 45.6 Å². The number of nitrogens with one attached hydrogen (secondary N) is 2. The third-order valence-electron chi connectivity index (χ3n) is 4.02. The standard InChI is InChI=1S/C18H32N4O2/c1-18(2,24-7)13-21-17(19-3)20-12-16(22(4)5)14-9-8-10-15(11-14)23-6/h8-11,16H,12-13H2,1-7H3,(H2,19,20,21). The van der Waals surface area contributed by atoms with Crippen molar-refractivity contribution < 1.29 is 9.47 Å². The van der Waals surface area contributed by atoms with Crippen LogP contribution in [0, 0.1) is 0 Å². The summed E-state index contributed by atoms with van der Waals surface area (Å²) < 4.78 is 10.8. The Bertz CT molecular complexity index is 530. The minimum absolute atomic E-state index is 0.203. The average Bonchev–Trinajstić information content (AvgIpc) is 2.57. The maximum absolute atomic E-state index is 5.42. The number of hydrogen-bond donors (Lipinski definition) is 2. The van der Waals surface area contributed by atoms with Gasteiger partial charge >= 0.3 is 0 Å². The van der Waals surface area contributed by atoms with Crippen LogP contribution in [0.25, 0.3) is 0 Å². The highest BCUT2D eigenvalue weighted by Crippen LogP contribution is 2.22. The van der Waals surface area contributed by atoms with Crippen molar-refractivity contribution in [2.75, 3.05) is 48.5 Å². The van der Waals surface area contributed by atoms with Crippen molar-refractivity contribution in [1.29, 1.82) is 0 Å². The lowest BCUT2D eigenvalue weighted by atomic mass is 10.1. The van der Waals surface area contributed by atoms with Crippen LogP contribution in [0.1, 0.15) is 25.5 Å². The SMILES string of the molecule is CN=C(NCC(c1cccc(OC)c1)N(C)C)NCC(C)(C)OC. The summed E-state index contributed by atoms with van der Waals surface area (Å²) in [5.41, 5.74) is 0.949. The monoisotopic (exact) mass is 336 g/mol. The summed E-state index contributed by atoms with van der Waals surface area (Å²) in [4.78, 5) is 6.45. The molecule has 1 atom stereocenters. The molecule has 2 N–H and O–H groups in total. The summed E-state index contributed by atoms with van der Waals surface area (Å²) in [6.45, 7) is 5.47.